The van der Waals surface area contributed by atoms with Gasteiger partial charge in [-0.3, -0.25) is 9.69 Å². The molecule has 0 spiro atoms. The Morgan fingerprint density at radius 2 is 2.14 bits per heavy atom. The summed E-state index contributed by atoms with van der Waals surface area (Å²) < 4.78 is 31.9. The summed E-state index contributed by atoms with van der Waals surface area (Å²) in [6.07, 6.45) is 1.03. The molecule has 2 amide bonds. The van der Waals surface area contributed by atoms with Gasteiger partial charge in [-0.05, 0) is 13.3 Å². The van der Waals surface area contributed by atoms with Crippen LogP contribution in [0.1, 0.15) is 13.3 Å². The van der Waals surface area contributed by atoms with Gasteiger partial charge in [-0.1, -0.05) is 12.7 Å². The topological polar surface area (TPSA) is 96.0 Å². The number of ether oxygens (including phenoxy) is 1. The fraction of sp³-hybridized carbons (Fsp3) is 0.667. The van der Waals surface area contributed by atoms with E-state index in [2.05, 4.69) is 23.9 Å². The number of nitrogens with zero attached hydrogens (tertiary/aromatic N) is 2. The van der Waals surface area contributed by atoms with Crippen molar-refractivity contribution in [2.45, 2.75) is 30.7 Å². The van der Waals surface area contributed by atoms with Crippen molar-refractivity contribution in [2.24, 2.45) is 0 Å². The molecule has 2 fully saturated rings. The molecule has 0 aromatic heterocycles. The molecule has 2 aliphatic heterocycles. The van der Waals surface area contributed by atoms with E-state index in [9.17, 15) is 18.0 Å². The smallest absolute Gasteiger partial charge is 0.410 e. The van der Waals surface area contributed by atoms with Crippen LogP contribution in [0.4, 0.5) is 4.79 Å². The van der Waals surface area contributed by atoms with Crippen LogP contribution >= 0.6 is 12.6 Å². The van der Waals surface area contributed by atoms with E-state index in [0.29, 0.717) is 0 Å². The number of carbonyl (C=O) groups excluding carboxylic acids is 2. The van der Waals surface area contributed by atoms with Crippen LogP contribution in [0.25, 0.3) is 0 Å². The molecule has 3 atom stereocenters. The first-order chi connectivity index (χ1) is 10.3. The minimum Gasteiger partial charge on any atom is -0.445 e. The molecule has 0 aromatic carbocycles. The molecule has 0 aromatic rings. The van der Waals surface area contributed by atoms with E-state index < -0.39 is 28.3 Å². The van der Waals surface area contributed by atoms with E-state index in [0.717, 1.165) is 4.31 Å². The highest BCUT2D eigenvalue weighted by Gasteiger charge is 2.46. The summed E-state index contributed by atoms with van der Waals surface area (Å²) in [5.74, 6) is -0.635. The van der Waals surface area contributed by atoms with Gasteiger partial charge in [0.2, 0.25) is 0 Å². The normalized spacial score (nSPS) is 30.4. The molecule has 10 heteroatoms. The first-order valence-corrected chi connectivity index (χ1v) is 8.78. The van der Waals surface area contributed by atoms with E-state index in [4.69, 9.17) is 4.74 Å². The fourth-order valence-corrected chi connectivity index (χ4v) is 4.40. The van der Waals surface area contributed by atoms with Gasteiger partial charge in [-0.25, -0.2) is 9.10 Å². The monoisotopic (exact) mass is 349 g/mol. The molecule has 2 heterocycles. The molecule has 2 rings (SSSR count). The van der Waals surface area contributed by atoms with Gasteiger partial charge in [0.25, 0.3) is 5.91 Å². The lowest BCUT2D eigenvalue weighted by Crippen LogP contribution is -2.49. The second-order valence-corrected chi connectivity index (χ2v) is 7.67. The lowest BCUT2D eigenvalue weighted by atomic mass is 10.2. The summed E-state index contributed by atoms with van der Waals surface area (Å²) in [5, 5.41) is -0.207. The number of hydrogen-bond donors (Lipinski definition) is 2. The van der Waals surface area contributed by atoms with Crippen LogP contribution in [0, 0.1) is 0 Å². The maximum absolute atomic E-state index is 12.5. The van der Waals surface area contributed by atoms with Gasteiger partial charge in [-0.2, -0.15) is 25.8 Å². The van der Waals surface area contributed by atoms with Crippen LogP contribution in [-0.4, -0.2) is 66.7 Å². The molecule has 1 N–H and O–H groups in total. The Balaban J connectivity index is 2.16. The van der Waals surface area contributed by atoms with Gasteiger partial charge in [0.05, 0.1) is 6.54 Å². The Morgan fingerprint density at radius 3 is 2.68 bits per heavy atom. The Morgan fingerprint density at radius 1 is 1.45 bits per heavy atom. The number of thiol groups is 1. The van der Waals surface area contributed by atoms with Gasteiger partial charge < -0.3 is 4.74 Å². The molecule has 8 nitrogen and oxygen atoms in total. The second-order valence-electron chi connectivity index (χ2n) is 5.32. The number of carbonyl (C=O) groups is 2. The maximum atomic E-state index is 12.5. The number of hydrogen-bond acceptors (Lipinski definition) is 6. The zero-order valence-electron chi connectivity index (χ0n) is 12.1. The van der Waals surface area contributed by atoms with Crippen molar-refractivity contribution >= 4 is 34.8 Å². The van der Waals surface area contributed by atoms with Crippen molar-refractivity contribution in [1.29, 1.82) is 0 Å². The second kappa shape index (κ2) is 6.47. The Hall–Kier alpha value is -1.26. The first-order valence-electron chi connectivity index (χ1n) is 6.82. The third-order valence-corrected chi connectivity index (χ3v) is 5.43. The van der Waals surface area contributed by atoms with Crippen LogP contribution in [0.3, 0.4) is 0 Å². The lowest BCUT2D eigenvalue weighted by molar-refractivity contribution is -0.130. The van der Waals surface area contributed by atoms with E-state index in [-0.39, 0.29) is 37.4 Å². The fourth-order valence-electron chi connectivity index (χ4n) is 2.54. The molecule has 2 aliphatic rings. The van der Waals surface area contributed by atoms with Crippen molar-refractivity contribution < 1.29 is 22.7 Å². The quantitative estimate of drug-likeness (QED) is 0.541. The molecule has 0 aliphatic carbocycles. The van der Waals surface area contributed by atoms with Crippen LogP contribution in [-0.2, 0) is 19.7 Å². The summed E-state index contributed by atoms with van der Waals surface area (Å²) in [6.45, 7) is 5.41. The minimum atomic E-state index is -3.84. The highest BCUT2D eigenvalue weighted by molar-refractivity contribution is 7.88. The van der Waals surface area contributed by atoms with Crippen molar-refractivity contribution in [3.05, 3.63) is 12.7 Å². The van der Waals surface area contributed by atoms with Crippen LogP contribution in [0.15, 0.2) is 12.7 Å². The molecule has 2 saturated heterocycles. The molecule has 124 valence electrons. The van der Waals surface area contributed by atoms with Gasteiger partial charge in [0.15, 0.2) is 0 Å². The van der Waals surface area contributed by atoms with E-state index in [1.807, 2.05) is 0 Å². The number of nitrogens with one attached hydrogen (secondary N) is 1. The molecule has 0 saturated carbocycles. The van der Waals surface area contributed by atoms with E-state index in [1.165, 1.54) is 11.0 Å². The van der Waals surface area contributed by atoms with Gasteiger partial charge >= 0.3 is 16.3 Å². The summed E-state index contributed by atoms with van der Waals surface area (Å²) in [5.41, 5.74) is 0. The van der Waals surface area contributed by atoms with E-state index in [1.54, 1.807) is 6.92 Å². The number of likely N-dealkylation sites (tertiary alicyclic amines) is 1. The van der Waals surface area contributed by atoms with Crippen molar-refractivity contribution in [2.75, 3.05) is 19.7 Å². The van der Waals surface area contributed by atoms with Gasteiger partial charge in [0, 0.05) is 17.8 Å². The SMILES string of the molecule is C=CCOC(=O)N1C[C@@H](S)C[C@H]1C(=O)N1CC(C)NS1(=O)=O. The molecule has 22 heavy (non-hydrogen) atoms. The average Bonchev–Trinajstić information content (AvgIpc) is 2.94. The van der Waals surface area contributed by atoms with E-state index >= 15 is 0 Å². The number of amides is 2. The largest absolute Gasteiger partial charge is 0.445 e. The highest BCUT2D eigenvalue weighted by Crippen LogP contribution is 2.26. The average molecular weight is 349 g/mol. The molecule has 1 unspecified atom stereocenters. The van der Waals surface area contributed by atoms with Crippen LogP contribution in [0.5, 0.6) is 0 Å². The third-order valence-electron chi connectivity index (χ3n) is 3.45. The van der Waals surface area contributed by atoms with Crippen molar-refractivity contribution in [3.8, 4) is 0 Å². The van der Waals surface area contributed by atoms with Gasteiger partial charge in [0.1, 0.15) is 12.6 Å². The lowest BCUT2D eigenvalue weighted by Gasteiger charge is -2.25. The maximum Gasteiger partial charge on any atom is 0.410 e. The summed E-state index contributed by atoms with van der Waals surface area (Å²) in [7, 11) is -3.84. The molecular formula is C12H19N3O5S2. The summed E-state index contributed by atoms with van der Waals surface area (Å²) in [4.78, 5) is 25.8. The standard InChI is InChI=1S/C12H19N3O5S2/c1-3-4-20-12(17)14-7-9(21)5-10(14)11(16)15-6-8(2)13-22(15,18)19/h3,8-10,13,21H,1,4-7H2,2H3/t8?,9-,10-/m0/s1. The predicted molar refractivity (Wildman–Crippen MR) is 82.7 cm³/mol. The Labute approximate surface area is 135 Å². The van der Waals surface area contributed by atoms with Crippen LogP contribution < -0.4 is 4.72 Å². The predicted octanol–water partition coefficient (Wildman–Crippen LogP) is -0.253. The summed E-state index contributed by atoms with van der Waals surface area (Å²) in [6, 6.07) is -1.25. The number of rotatable bonds is 3. The molecule has 0 radical (unpaired) electrons. The molecule has 0 bridgehead atoms. The Kier molecular flexibility index (Phi) is 5.03. The zero-order chi connectivity index (χ0) is 16.5. The highest BCUT2D eigenvalue weighted by atomic mass is 32.2. The minimum absolute atomic E-state index is 0.0219. The van der Waals surface area contributed by atoms with Crippen molar-refractivity contribution in [3.63, 3.8) is 0 Å². The first kappa shape index (κ1) is 17.1. The third kappa shape index (κ3) is 3.39. The van der Waals surface area contributed by atoms with Crippen LogP contribution in [0.2, 0.25) is 0 Å². The van der Waals surface area contributed by atoms with Gasteiger partial charge in [-0.15, -0.1) is 0 Å². The molecular weight excluding hydrogens is 330 g/mol. The zero-order valence-corrected chi connectivity index (χ0v) is 13.8. The van der Waals surface area contributed by atoms with Crippen molar-refractivity contribution in [1.82, 2.24) is 13.9 Å². The summed E-state index contributed by atoms with van der Waals surface area (Å²) >= 11 is 4.29. The Bertz CT molecular complexity index is 579.